The first-order chi connectivity index (χ1) is 9.81. The molecule has 2 unspecified atom stereocenters. The van der Waals surface area contributed by atoms with E-state index in [2.05, 4.69) is 16.7 Å². The van der Waals surface area contributed by atoms with Gasteiger partial charge in [0.15, 0.2) is 0 Å². The number of amides is 1. The lowest BCUT2D eigenvalue weighted by Gasteiger charge is -2.31. The van der Waals surface area contributed by atoms with Crippen molar-refractivity contribution in [3.05, 3.63) is 21.9 Å². The van der Waals surface area contributed by atoms with E-state index in [1.165, 1.54) is 43.4 Å². The van der Waals surface area contributed by atoms with Gasteiger partial charge in [-0.05, 0) is 36.6 Å². The number of hydrogen-bond acceptors (Lipinski definition) is 3. The number of carbonyl (C=O) groups is 1. The molecule has 3 nitrogen and oxygen atoms in total. The van der Waals surface area contributed by atoms with Crippen molar-refractivity contribution >= 4 is 17.2 Å². The van der Waals surface area contributed by atoms with E-state index >= 15 is 0 Å². The fourth-order valence-electron chi connectivity index (χ4n) is 3.51. The molecule has 20 heavy (non-hydrogen) atoms. The molecule has 1 amide bonds. The molecule has 3 rings (SSSR count). The third kappa shape index (κ3) is 2.48. The molecule has 0 spiro atoms. The lowest BCUT2D eigenvalue weighted by molar-refractivity contribution is 0.0695. The molecule has 1 saturated heterocycles. The molecule has 4 heteroatoms. The van der Waals surface area contributed by atoms with Gasteiger partial charge in [0.1, 0.15) is 4.88 Å². The van der Waals surface area contributed by atoms with Crippen molar-refractivity contribution in [1.82, 2.24) is 4.90 Å². The van der Waals surface area contributed by atoms with Crippen LogP contribution in [0.15, 0.2) is 11.4 Å². The highest BCUT2D eigenvalue weighted by atomic mass is 32.1. The highest BCUT2D eigenvalue weighted by Crippen LogP contribution is 2.37. The maximum atomic E-state index is 12.8. The Morgan fingerprint density at radius 3 is 3.10 bits per heavy atom. The number of nitrogens with two attached hydrogens (primary N) is 1. The summed E-state index contributed by atoms with van der Waals surface area (Å²) in [6, 6.07) is 2.39. The topological polar surface area (TPSA) is 46.3 Å². The fraction of sp³-hybridized carbons (Fsp3) is 0.562. The normalized spacial score (nSPS) is 24.9. The van der Waals surface area contributed by atoms with Crippen LogP contribution in [0.25, 0.3) is 0 Å². The second-order valence-electron chi connectivity index (χ2n) is 5.57. The number of likely N-dealkylation sites (tertiary alicyclic amines) is 1. The molecular formula is C16H20N2OS. The quantitative estimate of drug-likeness (QED) is 0.807. The molecule has 1 saturated carbocycles. The van der Waals surface area contributed by atoms with Gasteiger partial charge in [0.05, 0.1) is 6.54 Å². The third-order valence-corrected chi connectivity index (χ3v) is 5.36. The average molecular weight is 288 g/mol. The first-order valence-corrected chi connectivity index (χ1v) is 8.26. The molecular weight excluding hydrogens is 268 g/mol. The highest BCUT2D eigenvalue weighted by Gasteiger charge is 2.39. The predicted molar refractivity (Wildman–Crippen MR) is 81.7 cm³/mol. The van der Waals surface area contributed by atoms with Gasteiger partial charge in [0.25, 0.3) is 5.91 Å². The predicted octanol–water partition coefficient (Wildman–Crippen LogP) is 2.46. The average Bonchev–Trinajstić information content (AvgIpc) is 3.11. The van der Waals surface area contributed by atoms with E-state index in [4.69, 9.17) is 5.73 Å². The molecule has 2 N–H and O–H groups in total. The lowest BCUT2D eigenvalue weighted by Crippen LogP contribution is -2.39. The molecule has 1 aromatic heterocycles. The Kier molecular flexibility index (Phi) is 4.09. The zero-order chi connectivity index (χ0) is 13.9. The minimum Gasteiger partial charge on any atom is -0.335 e. The van der Waals surface area contributed by atoms with E-state index in [0.29, 0.717) is 12.6 Å². The van der Waals surface area contributed by atoms with Crippen LogP contribution in [0.2, 0.25) is 0 Å². The Hall–Kier alpha value is -1.31. The minimum absolute atomic E-state index is 0.177. The zero-order valence-corrected chi connectivity index (χ0v) is 12.4. The van der Waals surface area contributed by atoms with Crippen LogP contribution in [-0.2, 0) is 0 Å². The van der Waals surface area contributed by atoms with Crippen molar-refractivity contribution in [2.24, 2.45) is 11.7 Å². The molecule has 2 aliphatic rings. The highest BCUT2D eigenvalue weighted by molar-refractivity contribution is 7.12. The first-order valence-electron chi connectivity index (χ1n) is 7.38. The summed E-state index contributed by atoms with van der Waals surface area (Å²) >= 11 is 1.50. The Morgan fingerprint density at radius 2 is 2.25 bits per heavy atom. The summed E-state index contributed by atoms with van der Waals surface area (Å²) in [6.07, 6.45) is 6.22. The van der Waals surface area contributed by atoms with Crippen LogP contribution in [-0.4, -0.2) is 29.9 Å². The second kappa shape index (κ2) is 5.99. The van der Waals surface area contributed by atoms with Gasteiger partial charge in [-0.15, -0.1) is 11.3 Å². The largest absolute Gasteiger partial charge is 0.335 e. The summed E-state index contributed by atoms with van der Waals surface area (Å²) in [5, 5.41) is 1.95. The van der Waals surface area contributed by atoms with Crippen molar-refractivity contribution in [1.29, 1.82) is 0 Å². The van der Waals surface area contributed by atoms with Crippen LogP contribution in [0.4, 0.5) is 0 Å². The maximum Gasteiger partial charge on any atom is 0.265 e. The van der Waals surface area contributed by atoms with Gasteiger partial charge in [-0.2, -0.15) is 0 Å². The van der Waals surface area contributed by atoms with Gasteiger partial charge in [0, 0.05) is 18.2 Å². The SMILES string of the molecule is NCC#Cc1ccsc1C(=O)N1CCC2CCCCC21. The Labute approximate surface area is 124 Å². The summed E-state index contributed by atoms with van der Waals surface area (Å²) in [6.45, 7) is 1.24. The first kappa shape index (κ1) is 13.7. The van der Waals surface area contributed by atoms with E-state index in [-0.39, 0.29) is 5.91 Å². The van der Waals surface area contributed by atoms with Gasteiger partial charge in [-0.25, -0.2) is 0 Å². The standard InChI is InChI=1S/C16H20N2OS/c17-9-3-5-13-8-11-20-15(13)16(19)18-10-7-12-4-1-2-6-14(12)18/h8,11-12,14H,1-2,4,6-7,9-10,17H2. The summed E-state index contributed by atoms with van der Waals surface area (Å²) in [4.78, 5) is 15.7. The van der Waals surface area contributed by atoms with E-state index in [9.17, 15) is 4.79 Å². The molecule has 0 radical (unpaired) electrons. The monoisotopic (exact) mass is 288 g/mol. The van der Waals surface area contributed by atoms with Crippen LogP contribution >= 0.6 is 11.3 Å². The molecule has 1 aliphatic heterocycles. The number of hydrogen-bond donors (Lipinski definition) is 1. The number of carbonyl (C=O) groups excluding carboxylic acids is 1. The van der Waals surface area contributed by atoms with E-state index < -0.39 is 0 Å². The Morgan fingerprint density at radius 1 is 1.40 bits per heavy atom. The Balaban J connectivity index is 1.81. The smallest absolute Gasteiger partial charge is 0.265 e. The molecule has 0 bridgehead atoms. The van der Waals surface area contributed by atoms with Gasteiger partial charge in [-0.1, -0.05) is 24.7 Å². The summed E-state index contributed by atoms with van der Waals surface area (Å²) in [5.74, 6) is 6.77. The molecule has 2 atom stereocenters. The molecule has 106 valence electrons. The van der Waals surface area contributed by atoms with Crippen LogP contribution in [0.5, 0.6) is 0 Å². The van der Waals surface area contributed by atoms with Gasteiger partial charge >= 0.3 is 0 Å². The fourth-order valence-corrected chi connectivity index (χ4v) is 4.31. The van der Waals surface area contributed by atoms with Crippen LogP contribution in [0.1, 0.15) is 47.3 Å². The van der Waals surface area contributed by atoms with E-state index in [0.717, 1.165) is 22.9 Å². The van der Waals surface area contributed by atoms with Gasteiger partial charge in [0.2, 0.25) is 0 Å². The molecule has 1 aliphatic carbocycles. The molecule has 1 aromatic rings. The number of thiophene rings is 1. The van der Waals surface area contributed by atoms with E-state index in [1.807, 2.05) is 11.4 Å². The number of nitrogens with zero attached hydrogens (tertiary/aromatic N) is 1. The molecule has 2 fully saturated rings. The van der Waals surface area contributed by atoms with Crippen molar-refractivity contribution in [2.75, 3.05) is 13.1 Å². The molecule has 2 heterocycles. The van der Waals surface area contributed by atoms with Crippen molar-refractivity contribution in [3.8, 4) is 11.8 Å². The van der Waals surface area contributed by atoms with Crippen LogP contribution in [0.3, 0.4) is 0 Å². The summed E-state index contributed by atoms with van der Waals surface area (Å²) in [7, 11) is 0. The van der Waals surface area contributed by atoms with Gasteiger partial charge in [-0.3, -0.25) is 4.79 Å². The minimum atomic E-state index is 0.177. The van der Waals surface area contributed by atoms with Gasteiger partial charge < -0.3 is 10.6 Å². The molecule has 0 aromatic carbocycles. The van der Waals surface area contributed by atoms with E-state index in [1.54, 1.807) is 0 Å². The maximum absolute atomic E-state index is 12.8. The lowest BCUT2D eigenvalue weighted by atomic mass is 9.85. The second-order valence-corrected chi connectivity index (χ2v) is 6.48. The third-order valence-electron chi connectivity index (χ3n) is 4.46. The summed E-state index contributed by atoms with van der Waals surface area (Å²) in [5.41, 5.74) is 6.25. The van der Waals surface area contributed by atoms with Crippen molar-refractivity contribution < 1.29 is 4.79 Å². The number of fused-ring (bicyclic) bond motifs is 1. The Bertz CT molecular complexity index is 554. The van der Waals surface area contributed by atoms with Crippen molar-refractivity contribution in [3.63, 3.8) is 0 Å². The number of rotatable bonds is 1. The van der Waals surface area contributed by atoms with Crippen molar-refractivity contribution in [2.45, 2.75) is 38.1 Å². The zero-order valence-electron chi connectivity index (χ0n) is 11.6. The van der Waals surface area contributed by atoms with Crippen LogP contribution in [0, 0.1) is 17.8 Å². The summed E-state index contributed by atoms with van der Waals surface area (Å²) < 4.78 is 0. The van der Waals surface area contributed by atoms with Crippen LogP contribution < -0.4 is 5.73 Å².